The molecule has 1 aliphatic rings. The van der Waals surface area contributed by atoms with Crippen LogP contribution in [0.25, 0.3) is 0 Å². The molecule has 1 fully saturated rings. The number of nitrogens with one attached hydrogen (secondary N) is 1. The van der Waals surface area contributed by atoms with Crippen molar-refractivity contribution in [3.05, 3.63) is 17.0 Å². The number of hydrogen-bond donors (Lipinski definition) is 1. The summed E-state index contributed by atoms with van der Waals surface area (Å²) in [5, 5.41) is 3.20. The summed E-state index contributed by atoms with van der Waals surface area (Å²) in [6, 6.07) is 3.58. The second-order valence-corrected chi connectivity index (χ2v) is 7.88. The number of ether oxygens (including phenoxy) is 1. The Balaban J connectivity index is 2.12. The van der Waals surface area contributed by atoms with E-state index in [1.807, 2.05) is 19.9 Å². The van der Waals surface area contributed by atoms with Gasteiger partial charge in [-0.15, -0.1) is 11.3 Å². The Morgan fingerprint density at radius 2 is 2.32 bits per heavy atom. The first-order valence-electron chi connectivity index (χ1n) is 6.45. The van der Waals surface area contributed by atoms with E-state index in [9.17, 15) is 8.42 Å². The van der Waals surface area contributed by atoms with E-state index >= 15 is 0 Å². The molecule has 0 aliphatic carbocycles. The highest BCUT2D eigenvalue weighted by Crippen LogP contribution is 2.26. The summed E-state index contributed by atoms with van der Waals surface area (Å²) in [6.07, 6.45) is -0.0373. The van der Waals surface area contributed by atoms with E-state index in [0.717, 1.165) is 18.0 Å². The van der Waals surface area contributed by atoms with Crippen LogP contribution in [0.5, 0.6) is 0 Å². The van der Waals surface area contributed by atoms with Crippen LogP contribution in [0.1, 0.15) is 18.7 Å². The zero-order chi connectivity index (χ0) is 13.9. The zero-order valence-corrected chi connectivity index (χ0v) is 12.9. The van der Waals surface area contributed by atoms with Crippen LogP contribution < -0.4 is 5.32 Å². The molecule has 2 heterocycles. The summed E-state index contributed by atoms with van der Waals surface area (Å²) in [7, 11) is -3.36. The van der Waals surface area contributed by atoms with Crippen molar-refractivity contribution in [3.8, 4) is 0 Å². The van der Waals surface area contributed by atoms with Gasteiger partial charge in [-0.05, 0) is 25.6 Å². The summed E-state index contributed by atoms with van der Waals surface area (Å²) in [4.78, 5) is 1.04. The monoisotopic (exact) mass is 304 g/mol. The van der Waals surface area contributed by atoms with Crippen molar-refractivity contribution in [1.29, 1.82) is 0 Å². The summed E-state index contributed by atoms with van der Waals surface area (Å²) < 4.78 is 32.3. The first-order chi connectivity index (χ1) is 9.04. The van der Waals surface area contributed by atoms with Crippen molar-refractivity contribution in [1.82, 2.24) is 9.62 Å². The van der Waals surface area contributed by atoms with Crippen molar-refractivity contribution in [3.63, 3.8) is 0 Å². The van der Waals surface area contributed by atoms with Crippen LogP contribution in [0, 0.1) is 0 Å². The predicted molar refractivity (Wildman–Crippen MR) is 75.9 cm³/mol. The molecule has 0 aromatic carbocycles. The van der Waals surface area contributed by atoms with E-state index in [1.165, 1.54) is 15.6 Å². The number of rotatable bonds is 5. The van der Waals surface area contributed by atoms with Crippen LogP contribution in [-0.4, -0.2) is 45.1 Å². The molecule has 108 valence electrons. The summed E-state index contributed by atoms with van der Waals surface area (Å²) >= 11 is 1.34. The maximum Gasteiger partial charge on any atom is 0.252 e. The third-order valence-corrected chi connectivity index (χ3v) is 6.40. The van der Waals surface area contributed by atoms with Crippen molar-refractivity contribution >= 4 is 21.4 Å². The second kappa shape index (κ2) is 6.32. The molecule has 1 aromatic rings. The van der Waals surface area contributed by atoms with Gasteiger partial charge in [0.1, 0.15) is 4.21 Å². The first kappa shape index (κ1) is 14.9. The van der Waals surface area contributed by atoms with Gasteiger partial charge < -0.3 is 10.1 Å². The van der Waals surface area contributed by atoms with Gasteiger partial charge in [0.05, 0.1) is 12.7 Å². The van der Waals surface area contributed by atoms with Gasteiger partial charge in [-0.25, -0.2) is 8.42 Å². The standard InChI is InChI=1S/C12H20N2O3S2/c1-3-13-8-11-4-5-12(18-11)19(15,16)14-6-7-17-10(2)9-14/h4-5,10,13H,3,6-9H2,1-2H3. The molecule has 2 rings (SSSR count). The van der Waals surface area contributed by atoms with E-state index in [-0.39, 0.29) is 6.10 Å². The van der Waals surface area contributed by atoms with Crippen LogP contribution >= 0.6 is 11.3 Å². The molecular weight excluding hydrogens is 284 g/mol. The molecule has 1 saturated heterocycles. The average molecular weight is 304 g/mol. The number of thiophene rings is 1. The normalized spacial score (nSPS) is 21.7. The van der Waals surface area contributed by atoms with Crippen LogP contribution in [0.15, 0.2) is 16.3 Å². The lowest BCUT2D eigenvalue weighted by atomic mass is 10.3. The smallest absolute Gasteiger partial charge is 0.252 e. The number of sulfonamides is 1. The molecule has 1 atom stereocenters. The highest BCUT2D eigenvalue weighted by Gasteiger charge is 2.30. The van der Waals surface area contributed by atoms with E-state index in [4.69, 9.17) is 4.74 Å². The molecular formula is C12H20N2O3S2. The lowest BCUT2D eigenvalue weighted by molar-refractivity contribution is 0.0102. The fourth-order valence-electron chi connectivity index (χ4n) is 1.97. The Kier molecular flexibility index (Phi) is 4.97. The van der Waals surface area contributed by atoms with Crippen LogP contribution in [0.2, 0.25) is 0 Å². The number of hydrogen-bond acceptors (Lipinski definition) is 5. The van der Waals surface area contributed by atoms with E-state index in [1.54, 1.807) is 6.07 Å². The van der Waals surface area contributed by atoms with Crippen LogP contribution in [-0.2, 0) is 21.3 Å². The highest BCUT2D eigenvalue weighted by atomic mass is 32.2. The van der Waals surface area contributed by atoms with Gasteiger partial charge in [-0.3, -0.25) is 0 Å². The van der Waals surface area contributed by atoms with Gasteiger partial charge >= 0.3 is 0 Å². The first-order valence-corrected chi connectivity index (χ1v) is 8.71. The minimum atomic E-state index is -3.36. The summed E-state index contributed by atoms with van der Waals surface area (Å²) in [5.74, 6) is 0. The van der Waals surface area contributed by atoms with Crippen molar-refractivity contribution in [2.45, 2.75) is 30.7 Å². The number of nitrogens with zero attached hydrogens (tertiary/aromatic N) is 1. The summed E-state index contributed by atoms with van der Waals surface area (Å²) in [6.45, 7) is 6.86. The van der Waals surface area contributed by atoms with Crippen molar-refractivity contribution < 1.29 is 13.2 Å². The maximum absolute atomic E-state index is 12.5. The van der Waals surface area contributed by atoms with Crippen molar-refractivity contribution in [2.75, 3.05) is 26.2 Å². The molecule has 5 nitrogen and oxygen atoms in total. The molecule has 0 bridgehead atoms. The number of morpholine rings is 1. The minimum Gasteiger partial charge on any atom is -0.376 e. The quantitative estimate of drug-likeness (QED) is 0.890. The summed E-state index contributed by atoms with van der Waals surface area (Å²) in [5.41, 5.74) is 0. The zero-order valence-electron chi connectivity index (χ0n) is 11.3. The minimum absolute atomic E-state index is 0.0373. The van der Waals surface area contributed by atoms with Gasteiger partial charge in [-0.1, -0.05) is 6.92 Å². The van der Waals surface area contributed by atoms with Gasteiger partial charge in [0.2, 0.25) is 0 Å². The van der Waals surface area contributed by atoms with E-state index in [0.29, 0.717) is 23.9 Å². The molecule has 1 aliphatic heterocycles. The maximum atomic E-state index is 12.5. The molecule has 0 spiro atoms. The molecule has 0 saturated carbocycles. The lowest BCUT2D eigenvalue weighted by Gasteiger charge is -2.29. The Morgan fingerprint density at radius 1 is 1.53 bits per heavy atom. The molecule has 1 unspecified atom stereocenters. The fraction of sp³-hybridized carbons (Fsp3) is 0.667. The SMILES string of the molecule is CCNCc1ccc(S(=O)(=O)N2CCOC(C)C2)s1. The van der Waals surface area contributed by atoms with Gasteiger partial charge in [0.25, 0.3) is 10.0 Å². The van der Waals surface area contributed by atoms with E-state index < -0.39 is 10.0 Å². The highest BCUT2D eigenvalue weighted by molar-refractivity contribution is 7.91. The van der Waals surface area contributed by atoms with Gasteiger partial charge in [0.15, 0.2) is 0 Å². The largest absolute Gasteiger partial charge is 0.376 e. The molecule has 19 heavy (non-hydrogen) atoms. The topological polar surface area (TPSA) is 58.6 Å². The molecule has 1 N–H and O–H groups in total. The Bertz CT molecular complexity index is 513. The van der Waals surface area contributed by atoms with Crippen LogP contribution in [0.4, 0.5) is 0 Å². The lowest BCUT2D eigenvalue weighted by Crippen LogP contribution is -2.44. The second-order valence-electron chi connectivity index (χ2n) is 4.55. The fourth-order valence-corrected chi connectivity index (χ4v) is 4.95. The third kappa shape index (κ3) is 3.55. The van der Waals surface area contributed by atoms with E-state index in [2.05, 4.69) is 5.32 Å². The predicted octanol–water partition coefficient (Wildman–Crippen LogP) is 1.27. The Hall–Kier alpha value is -0.470. The Labute approximate surface area is 118 Å². The third-order valence-electron chi connectivity index (χ3n) is 2.98. The average Bonchev–Trinajstić information content (AvgIpc) is 2.86. The molecule has 0 radical (unpaired) electrons. The molecule has 0 amide bonds. The van der Waals surface area contributed by atoms with Crippen LogP contribution in [0.3, 0.4) is 0 Å². The van der Waals surface area contributed by atoms with Crippen molar-refractivity contribution in [2.24, 2.45) is 0 Å². The molecule has 7 heteroatoms. The van der Waals surface area contributed by atoms with Gasteiger partial charge in [-0.2, -0.15) is 4.31 Å². The molecule has 1 aromatic heterocycles. The Morgan fingerprint density at radius 3 is 3.00 bits per heavy atom. The van der Waals surface area contributed by atoms with Gasteiger partial charge in [0, 0.05) is 24.5 Å².